The Balaban J connectivity index is 2.27. The Labute approximate surface area is 111 Å². The second-order valence-electron chi connectivity index (χ2n) is 6.14. The molecule has 1 aliphatic rings. The van der Waals surface area contributed by atoms with Crippen LogP contribution in [0.15, 0.2) is 36.4 Å². The third kappa shape index (κ3) is 2.12. The van der Waals surface area contributed by atoms with Gasteiger partial charge in [0.2, 0.25) is 0 Å². The van der Waals surface area contributed by atoms with E-state index >= 15 is 0 Å². The fourth-order valence-electron chi connectivity index (χ4n) is 3.45. The van der Waals surface area contributed by atoms with Gasteiger partial charge in [-0.1, -0.05) is 50.3 Å². The van der Waals surface area contributed by atoms with Gasteiger partial charge in [-0.05, 0) is 41.7 Å². The Hall–Kier alpha value is -1.08. The van der Waals surface area contributed by atoms with E-state index in [0.717, 1.165) is 0 Å². The molecule has 0 aliphatic heterocycles. The summed E-state index contributed by atoms with van der Waals surface area (Å²) in [5.41, 5.74) is 4.43. The average Bonchev–Trinajstić information content (AvgIpc) is 2.30. The molecule has 0 aromatic heterocycles. The number of allylic oxidation sites excluding steroid dienone is 1. The molecule has 1 heteroatoms. The van der Waals surface area contributed by atoms with Crippen LogP contribution in [-0.2, 0) is 11.3 Å². The van der Waals surface area contributed by atoms with Gasteiger partial charge in [0.15, 0.2) is 0 Å². The lowest BCUT2D eigenvalue weighted by atomic mass is 9.51. The lowest BCUT2D eigenvalue weighted by Crippen LogP contribution is -2.43. The SMILES string of the molecule is C=C(C)[C@@H]1C[C@H](c2ccccc2COC)C1(C)C. The molecule has 1 saturated carbocycles. The van der Waals surface area contributed by atoms with Crippen molar-refractivity contribution in [3.05, 3.63) is 47.5 Å². The minimum Gasteiger partial charge on any atom is -0.380 e. The maximum Gasteiger partial charge on any atom is 0.0715 e. The van der Waals surface area contributed by atoms with E-state index in [1.807, 2.05) is 0 Å². The number of rotatable bonds is 4. The van der Waals surface area contributed by atoms with Crippen LogP contribution in [0.2, 0.25) is 0 Å². The summed E-state index contributed by atoms with van der Waals surface area (Å²) in [4.78, 5) is 0. The lowest BCUT2D eigenvalue weighted by Gasteiger charge is -2.53. The van der Waals surface area contributed by atoms with E-state index in [4.69, 9.17) is 4.74 Å². The molecular weight excluding hydrogens is 220 g/mol. The fourth-order valence-corrected chi connectivity index (χ4v) is 3.45. The van der Waals surface area contributed by atoms with E-state index in [0.29, 0.717) is 23.9 Å². The van der Waals surface area contributed by atoms with E-state index in [2.05, 4.69) is 51.6 Å². The van der Waals surface area contributed by atoms with E-state index in [1.165, 1.54) is 23.1 Å². The maximum absolute atomic E-state index is 5.31. The van der Waals surface area contributed by atoms with Crippen LogP contribution < -0.4 is 0 Å². The Morgan fingerprint density at radius 2 is 2.06 bits per heavy atom. The smallest absolute Gasteiger partial charge is 0.0715 e. The van der Waals surface area contributed by atoms with Gasteiger partial charge in [-0.15, -0.1) is 0 Å². The van der Waals surface area contributed by atoms with Gasteiger partial charge in [-0.25, -0.2) is 0 Å². The monoisotopic (exact) mass is 244 g/mol. The highest BCUT2D eigenvalue weighted by atomic mass is 16.5. The molecule has 2 atom stereocenters. The molecule has 0 unspecified atom stereocenters. The third-order valence-electron chi connectivity index (χ3n) is 4.59. The van der Waals surface area contributed by atoms with Crippen LogP contribution >= 0.6 is 0 Å². The van der Waals surface area contributed by atoms with Gasteiger partial charge in [0, 0.05) is 7.11 Å². The topological polar surface area (TPSA) is 9.23 Å². The highest BCUT2D eigenvalue weighted by Gasteiger charge is 2.49. The van der Waals surface area contributed by atoms with Crippen molar-refractivity contribution in [1.29, 1.82) is 0 Å². The van der Waals surface area contributed by atoms with Gasteiger partial charge in [0.1, 0.15) is 0 Å². The maximum atomic E-state index is 5.31. The Kier molecular flexibility index (Phi) is 3.63. The lowest BCUT2D eigenvalue weighted by molar-refractivity contribution is 0.0598. The summed E-state index contributed by atoms with van der Waals surface area (Å²) in [7, 11) is 1.76. The number of hydrogen-bond donors (Lipinski definition) is 0. The van der Waals surface area contributed by atoms with Crippen LogP contribution in [0.1, 0.15) is 44.2 Å². The van der Waals surface area contributed by atoms with Gasteiger partial charge in [-0.2, -0.15) is 0 Å². The van der Waals surface area contributed by atoms with Crippen molar-refractivity contribution in [1.82, 2.24) is 0 Å². The van der Waals surface area contributed by atoms with Crippen molar-refractivity contribution in [3.8, 4) is 0 Å². The summed E-state index contributed by atoms with van der Waals surface area (Å²) >= 11 is 0. The summed E-state index contributed by atoms with van der Waals surface area (Å²) in [5, 5.41) is 0. The molecule has 0 amide bonds. The summed E-state index contributed by atoms with van der Waals surface area (Å²) in [6.07, 6.45) is 1.23. The van der Waals surface area contributed by atoms with E-state index in [1.54, 1.807) is 7.11 Å². The van der Waals surface area contributed by atoms with Crippen molar-refractivity contribution >= 4 is 0 Å². The van der Waals surface area contributed by atoms with Crippen molar-refractivity contribution in [2.75, 3.05) is 7.11 Å². The number of hydrogen-bond acceptors (Lipinski definition) is 1. The molecule has 1 nitrogen and oxygen atoms in total. The van der Waals surface area contributed by atoms with Crippen molar-refractivity contribution in [2.45, 2.75) is 39.7 Å². The molecule has 1 aliphatic carbocycles. The number of methoxy groups -OCH3 is 1. The molecule has 1 fully saturated rings. The number of ether oxygens (including phenoxy) is 1. The van der Waals surface area contributed by atoms with Crippen LogP contribution in [0.3, 0.4) is 0 Å². The molecule has 0 radical (unpaired) electrons. The summed E-state index contributed by atoms with van der Waals surface area (Å²) in [6.45, 7) is 11.7. The quantitative estimate of drug-likeness (QED) is 0.707. The minimum absolute atomic E-state index is 0.315. The first-order valence-corrected chi connectivity index (χ1v) is 6.70. The summed E-state index contributed by atoms with van der Waals surface area (Å²) in [5.74, 6) is 1.28. The zero-order chi connectivity index (χ0) is 13.3. The van der Waals surface area contributed by atoms with Crippen molar-refractivity contribution in [2.24, 2.45) is 11.3 Å². The molecule has 2 rings (SSSR count). The molecule has 0 saturated heterocycles. The van der Waals surface area contributed by atoms with E-state index in [-0.39, 0.29) is 0 Å². The van der Waals surface area contributed by atoms with Gasteiger partial charge in [0.05, 0.1) is 6.61 Å². The molecule has 98 valence electrons. The molecule has 0 spiro atoms. The minimum atomic E-state index is 0.315. The first-order chi connectivity index (χ1) is 8.48. The van der Waals surface area contributed by atoms with Crippen molar-refractivity contribution < 1.29 is 4.74 Å². The Morgan fingerprint density at radius 3 is 2.61 bits per heavy atom. The first kappa shape index (κ1) is 13.4. The van der Waals surface area contributed by atoms with Crippen LogP contribution in [-0.4, -0.2) is 7.11 Å². The Bertz CT molecular complexity index is 445. The average molecular weight is 244 g/mol. The normalized spacial score (nSPS) is 25.6. The summed E-state index contributed by atoms with van der Waals surface area (Å²) < 4.78 is 5.31. The van der Waals surface area contributed by atoms with Gasteiger partial charge in [0.25, 0.3) is 0 Å². The Morgan fingerprint density at radius 1 is 1.39 bits per heavy atom. The molecular formula is C17H24O. The zero-order valence-corrected chi connectivity index (χ0v) is 12.0. The molecule has 1 aromatic carbocycles. The predicted molar refractivity (Wildman–Crippen MR) is 76.6 cm³/mol. The molecule has 0 N–H and O–H groups in total. The first-order valence-electron chi connectivity index (χ1n) is 6.70. The largest absolute Gasteiger partial charge is 0.380 e. The zero-order valence-electron chi connectivity index (χ0n) is 12.0. The molecule has 1 aromatic rings. The standard InChI is InChI=1S/C17H24O/c1-12(2)15-10-16(17(15,3)4)14-9-7-6-8-13(14)11-18-5/h6-9,15-16H,1,10-11H2,2-5H3/t15-,16+/m0/s1. The van der Waals surface area contributed by atoms with Gasteiger partial charge >= 0.3 is 0 Å². The molecule has 18 heavy (non-hydrogen) atoms. The molecule has 0 bridgehead atoms. The van der Waals surface area contributed by atoms with Crippen molar-refractivity contribution in [3.63, 3.8) is 0 Å². The van der Waals surface area contributed by atoms with Crippen LogP contribution in [0.25, 0.3) is 0 Å². The van der Waals surface area contributed by atoms with Crippen LogP contribution in [0.4, 0.5) is 0 Å². The van der Waals surface area contributed by atoms with Gasteiger partial charge in [-0.3, -0.25) is 0 Å². The van der Waals surface area contributed by atoms with E-state index < -0.39 is 0 Å². The fraction of sp³-hybridized carbons (Fsp3) is 0.529. The highest BCUT2D eigenvalue weighted by molar-refractivity contribution is 5.35. The second-order valence-corrected chi connectivity index (χ2v) is 6.14. The third-order valence-corrected chi connectivity index (χ3v) is 4.59. The van der Waals surface area contributed by atoms with Gasteiger partial charge < -0.3 is 4.74 Å². The highest BCUT2D eigenvalue weighted by Crippen LogP contribution is 2.59. The predicted octanol–water partition coefficient (Wildman–Crippen LogP) is 4.54. The van der Waals surface area contributed by atoms with E-state index in [9.17, 15) is 0 Å². The molecule has 0 heterocycles. The number of benzene rings is 1. The summed E-state index contributed by atoms with van der Waals surface area (Å²) in [6, 6.07) is 8.68. The van der Waals surface area contributed by atoms with Crippen LogP contribution in [0.5, 0.6) is 0 Å². The second kappa shape index (κ2) is 4.89. The van der Waals surface area contributed by atoms with Crippen LogP contribution in [0, 0.1) is 11.3 Å².